The van der Waals surface area contributed by atoms with Gasteiger partial charge < -0.3 is 19.2 Å². The molecule has 0 atom stereocenters. The summed E-state index contributed by atoms with van der Waals surface area (Å²) in [6.45, 7) is 1.59. The summed E-state index contributed by atoms with van der Waals surface area (Å²) in [5.41, 5.74) is 1.89. The molecule has 0 amide bonds. The molecule has 0 unspecified atom stereocenters. The first kappa shape index (κ1) is 18.6. The fourth-order valence-electron chi connectivity index (χ4n) is 2.51. The van der Waals surface area contributed by atoms with Gasteiger partial charge in [-0.25, -0.2) is 0 Å². The standard InChI is InChI=1S/C20H19Cl2NO3/c1-24-19-9-15(11-23-12-17-6-3-7-25-17)18(22)10-20(19)26-13-14-4-2-5-16(21)8-14/h2-10,23H,11-13H2,1H3. The molecule has 0 bridgehead atoms. The molecule has 0 saturated carbocycles. The van der Waals surface area contributed by atoms with Gasteiger partial charge in [0, 0.05) is 22.7 Å². The molecule has 1 N–H and O–H groups in total. The predicted molar refractivity (Wildman–Crippen MR) is 103 cm³/mol. The van der Waals surface area contributed by atoms with Crippen LogP contribution in [0.25, 0.3) is 0 Å². The molecule has 0 radical (unpaired) electrons. The summed E-state index contributed by atoms with van der Waals surface area (Å²) in [4.78, 5) is 0. The Kier molecular flexibility index (Phi) is 6.45. The first-order valence-electron chi connectivity index (χ1n) is 8.12. The van der Waals surface area contributed by atoms with Crippen LogP contribution in [0.15, 0.2) is 59.2 Å². The van der Waals surface area contributed by atoms with E-state index in [9.17, 15) is 0 Å². The molecule has 0 aliphatic rings. The van der Waals surface area contributed by atoms with E-state index in [1.807, 2.05) is 42.5 Å². The van der Waals surface area contributed by atoms with Gasteiger partial charge >= 0.3 is 0 Å². The smallest absolute Gasteiger partial charge is 0.163 e. The van der Waals surface area contributed by atoms with Crippen molar-refractivity contribution < 1.29 is 13.9 Å². The fourth-order valence-corrected chi connectivity index (χ4v) is 2.94. The molecule has 0 aliphatic carbocycles. The molecule has 136 valence electrons. The highest BCUT2D eigenvalue weighted by atomic mass is 35.5. The van der Waals surface area contributed by atoms with Gasteiger partial charge in [0.05, 0.1) is 19.9 Å². The molecule has 3 aromatic rings. The number of rotatable bonds is 8. The minimum Gasteiger partial charge on any atom is -0.493 e. The molecule has 6 heteroatoms. The maximum Gasteiger partial charge on any atom is 0.163 e. The number of methoxy groups -OCH3 is 1. The van der Waals surface area contributed by atoms with Crippen molar-refractivity contribution in [2.75, 3.05) is 7.11 Å². The second kappa shape index (κ2) is 8.99. The summed E-state index contributed by atoms with van der Waals surface area (Å²) in [5, 5.41) is 4.58. The number of halogens is 2. The number of hydrogen-bond donors (Lipinski definition) is 1. The van der Waals surface area contributed by atoms with Crippen molar-refractivity contribution in [1.29, 1.82) is 0 Å². The van der Waals surface area contributed by atoms with E-state index in [2.05, 4.69) is 5.32 Å². The van der Waals surface area contributed by atoms with Gasteiger partial charge in [0.15, 0.2) is 11.5 Å². The second-order valence-electron chi connectivity index (χ2n) is 5.70. The molecular formula is C20H19Cl2NO3. The van der Waals surface area contributed by atoms with Gasteiger partial charge in [-0.3, -0.25) is 0 Å². The number of benzene rings is 2. The summed E-state index contributed by atoms with van der Waals surface area (Å²) in [5.74, 6) is 2.09. The molecular weight excluding hydrogens is 373 g/mol. The first-order chi connectivity index (χ1) is 12.7. The van der Waals surface area contributed by atoms with Gasteiger partial charge in [-0.15, -0.1) is 0 Å². The lowest BCUT2D eigenvalue weighted by Crippen LogP contribution is -2.12. The minimum atomic E-state index is 0.378. The highest BCUT2D eigenvalue weighted by molar-refractivity contribution is 6.31. The van der Waals surface area contributed by atoms with E-state index in [1.165, 1.54) is 0 Å². The van der Waals surface area contributed by atoms with Crippen LogP contribution in [0, 0.1) is 0 Å². The Balaban J connectivity index is 1.66. The van der Waals surface area contributed by atoms with E-state index in [1.54, 1.807) is 19.4 Å². The molecule has 1 heterocycles. The highest BCUT2D eigenvalue weighted by Gasteiger charge is 2.11. The summed E-state index contributed by atoms with van der Waals surface area (Å²) in [6, 6.07) is 15.0. The van der Waals surface area contributed by atoms with E-state index in [-0.39, 0.29) is 0 Å². The van der Waals surface area contributed by atoms with Gasteiger partial charge in [-0.2, -0.15) is 0 Å². The van der Waals surface area contributed by atoms with E-state index in [0.29, 0.717) is 41.2 Å². The van der Waals surface area contributed by atoms with Crippen molar-refractivity contribution in [3.63, 3.8) is 0 Å². The maximum absolute atomic E-state index is 6.41. The summed E-state index contributed by atoms with van der Waals surface area (Å²) < 4.78 is 16.6. The summed E-state index contributed by atoms with van der Waals surface area (Å²) in [7, 11) is 1.61. The van der Waals surface area contributed by atoms with Crippen LogP contribution in [0.3, 0.4) is 0 Å². The van der Waals surface area contributed by atoms with Crippen LogP contribution in [0.2, 0.25) is 10.0 Å². The fraction of sp³-hybridized carbons (Fsp3) is 0.200. The summed E-state index contributed by atoms with van der Waals surface area (Å²) in [6.07, 6.45) is 1.65. The second-order valence-corrected chi connectivity index (χ2v) is 6.54. The maximum atomic E-state index is 6.41. The normalized spacial score (nSPS) is 10.7. The zero-order valence-corrected chi connectivity index (χ0v) is 15.8. The third kappa shape index (κ3) is 4.94. The average molecular weight is 392 g/mol. The monoisotopic (exact) mass is 391 g/mol. The Hall–Kier alpha value is -2.14. The van der Waals surface area contributed by atoms with Gasteiger partial charge in [0.1, 0.15) is 12.4 Å². The number of ether oxygens (including phenoxy) is 2. The summed E-state index contributed by atoms with van der Waals surface area (Å²) >= 11 is 12.4. The Morgan fingerprint density at radius 3 is 2.62 bits per heavy atom. The molecule has 3 rings (SSSR count). The molecule has 0 saturated heterocycles. The number of nitrogens with one attached hydrogen (secondary N) is 1. The van der Waals surface area contributed by atoms with Gasteiger partial charge in [-0.1, -0.05) is 35.3 Å². The van der Waals surface area contributed by atoms with Crippen LogP contribution in [-0.2, 0) is 19.7 Å². The highest BCUT2D eigenvalue weighted by Crippen LogP contribution is 2.34. The minimum absolute atomic E-state index is 0.378. The van der Waals surface area contributed by atoms with Crippen molar-refractivity contribution in [2.45, 2.75) is 19.7 Å². The Bertz CT molecular complexity index is 850. The molecule has 2 aromatic carbocycles. The van der Waals surface area contributed by atoms with Crippen LogP contribution in [0.5, 0.6) is 11.5 Å². The topological polar surface area (TPSA) is 43.6 Å². The molecule has 0 spiro atoms. The van der Waals surface area contributed by atoms with Crippen molar-refractivity contribution in [2.24, 2.45) is 0 Å². The van der Waals surface area contributed by atoms with E-state index >= 15 is 0 Å². The first-order valence-corrected chi connectivity index (χ1v) is 8.88. The van der Waals surface area contributed by atoms with Crippen LogP contribution < -0.4 is 14.8 Å². The molecule has 1 aromatic heterocycles. The van der Waals surface area contributed by atoms with E-state index < -0.39 is 0 Å². The Labute approximate surface area is 162 Å². The molecule has 4 nitrogen and oxygen atoms in total. The van der Waals surface area contributed by atoms with Gasteiger partial charge in [-0.05, 0) is 41.5 Å². The molecule has 0 fully saturated rings. The average Bonchev–Trinajstić information content (AvgIpc) is 3.15. The third-order valence-electron chi connectivity index (χ3n) is 3.81. The van der Waals surface area contributed by atoms with Crippen LogP contribution >= 0.6 is 23.2 Å². The quantitative estimate of drug-likeness (QED) is 0.553. The zero-order chi connectivity index (χ0) is 18.4. The van der Waals surface area contributed by atoms with E-state index in [0.717, 1.165) is 16.9 Å². The van der Waals surface area contributed by atoms with Crippen molar-refractivity contribution >= 4 is 23.2 Å². The SMILES string of the molecule is COc1cc(CNCc2ccco2)c(Cl)cc1OCc1cccc(Cl)c1. The van der Waals surface area contributed by atoms with Gasteiger partial charge in [0.2, 0.25) is 0 Å². The lowest BCUT2D eigenvalue weighted by molar-refractivity contribution is 0.284. The lowest BCUT2D eigenvalue weighted by Gasteiger charge is -2.14. The Morgan fingerprint density at radius 2 is 1.88 bits per heavy atom. The van der Waals surface area contributed by atoms with Gasteiger partial charge in [0.25, 0.3) is 0 Å². The van der Waals surface area contributed by atoms with Crippen molar-refractivity contribution in [3.05, 3.63) is 81.7 Å². The van der Waals surface area contributed by atoms with Crippen LogP contribution in [0.1, 0.15) is 16.9 Å². The number of furan rings is 1. The predicted octanol–water partition coefficient (Wildman–Crippen LogP) is 5.46. The van der Waals surface area contributed by atoms with Crippen LogP contribution in [0.4, 0.5) is 0 Å². The van der Waals surface area contributed by atoms with Crippen LogP contribution in [-0.4, -0.2) is 7.11 Å². The zero-order valence-electron chi connectivity index (χ0n) is 14.3. The third-order valence-corrected chi connectivity index (χ3v) is 4.40. The van der Waals surface area contributed by atoms with Crippen molar-refractivity contribution in [3.8, 4) is 11.5 Å². The number of hydrogen-bond acceptors (Lipinski definition) is 4. The van der Waals surface area contributed by atoms with E-state index in [4.69, 9.17) is 37.1 Å². The Morgan fingerprint density at radius 1 is 1.00 bits per heavy atom. The molecule has 0 aliphatic heterocycles. The lowest BCUT2D eigenvalue weighted by atomic mass is 10.2. The largest absolute Gasteiger partial charge is 0.493 e. The van der Waals surface area contributed by atoms with Crippen molar-refractivity contribution in [1.82, 2.24) is 5.32 Å². The molecule has 26 heavy (non-hydrogen) atoms.